The minimum absolute atomic E-state index is 0.153. The summed E-state index contributed by atoms with van der Waals surface area (Å²) in [5.74, 6) is 1.50. The molecule has 0 spiro atoms. The van der Waals surface area contributed by atoms with Gasteiger partial charge in [-0.15, -0.1) is 0 Å². The summed E-state index contributed by atoms with van der Waals surface area (Å²) in [5, 5.41) is 2.89. The van der Waals surface area contributed by atoms with Gasteiger partial charge >= 0.3 is 0 Å². The predicted molar refractivity (Wildman–Crippen MR) is 139 cm³/mol. The van der Waals surface area contributed by atoms with E-state index < -0.39 is 6.10 Å². The molecule has 5 rings (SSSR count). The highest BCUT2D eigenvalue weighted by Crippen LogP contribution is 2.41. The molecule has 6 nitrogen and oxygen atoms in total. The Bertz CT molecular complexity index is 1270. The monoisotopic (exact) mass is 484 g/mol. The van der Waals surface area contributed by atoms with Gasteiger partial charge in [0.1, 0.15) is 11.5 Å². The van der Waals surface area contributed by atoms with E-state index in [-0.39, 0.29) is 23.8 Å². The first-order valence-electron chi connectivity index (χ1n) is 12.5. The first kappa shape index (κ1) is 23.9. The summed E-state index contributed by atoms with van der Waals surface area (Å²) in [5.41, 5.74) is 5.22. The summed E-state index contributed by atoms with van der Waals surface area (Å²) in [4.78, 5) is 28.1. The molecule has 1 saturated carbocycles. The van der Waals surface area contributed by atoms with E-state index in [1.165, 1.54) is 5.56 Å². The number of amides is 2. The highest BCUT2D eigenvalue weighted by Gasteiger charge is 2.39. The van der Waals surface area contributed by atoms with Gasteiger partial charge in [-0.05, 0) is 86.2 Å². The first-order chi connectivity index (χ1) is 17.4. The van der Waals surface area contributed by atoms with Crippen LogP contribution in [0.2, 0.25) is 0 Å². The average molecular weight is 485 g/mol. The minimum Gasteiger partial charge on any atom is -0.497 e. The summed E-state index contributed by atoms with van der Waals surface area (Å²) < 4.78 is 11.3. The lowest BCUT2D eigenvalue weighted by Gasteiger charge is -2.38. The third-order valence-corrected chi connectivity index (χ3v) is 6.95. The van der Waals surface area contributed by atoms with Crippen LogP contribution in [-0.4, -0.2) is 36.5 Å². The van der Waals surface area contributed by atoms with E-state index in [9.17, 15) is 9.59 Å². The number of rotatable bonds is 7. The molecule has 186 valence electrons. The van der Waals surface area contributed by atoms with Crippen molar-refractivity contribution in [2.45, 2.75) is 45.3 Å². The maximum atomic E-state index is 13.2. The molecule has 2 aliphatic rings. The molecule has 6 heteroatoms. The molecule has 2 amide bonds. The molecule has 1 N–H and O–H groups in total. The van der Waals surface area contributed by atoms with Crippen molar-refractivity contribution in [1.29, 1.82) is 0 Å². The number of anilines is 1. The lowest BCUT2D eigenvalue weighted by Crippen LogP contribution is -2.41. The third kappa shape index (κ3) is 5.08. The Balaban J connectivity index is 1.38. The van der Waals surface area contributed by atoms with Crippen molar-refractivity contribution in [3.63, 3.8) is 0 Å². The summed E-state index contributed by atoms with van der Waals surface area (Å²) in [6, 6.07) is 21.4. The van der Waals surface area contributed by atoms with Gasteiger partial charge in [0, 0.05) is 18.2 Å². The zero-order valence-corrected chi connectivity index (χ0v) is 21.0. The number of nitrogens with zero attached hydrogens (tertiary/aromatic N) is 1. The van der Waals surface area contributed by atoms with E-state index in [1.54, 1.807) is 38.3 Å². The van der Waals surface area contributed by atoms with Crippen molar-refractivity contribution in [2.75, 3.05) is 19.0 Å². The standard InChI is InChI=1S/C30H32N2O4/c1-19-5-4-6-23(17-19)28-27-18-26(12-9-21(27)15-16-32(28)30(34)22-7-8-22)36-20(2)29(33)31-24-10-13-25(35-3)14-11-24/h4-6,9-14,17-18,20,22,28H,7-8,15-16H2,1-3H3,(H,31,33)/t20-,28+/m0/s1. The fourth-order valence-electron chi connectivity index (χ4n) is 4.84. The Morgan fingerprint density at radius 1 is 1.00 bits per heavy atom. The second-order valence-electron chi connectivity index (χ2n) is 9.71. The molecule has 1 aliphatic heterocycles. The van der Waals surface area contributed by atoms with Crippen molar-refractivity contribution >= 4 is 17.5 Å². The van der Waals surface area contributed by atoms with Crippen LogP contribution in [0.25, 0.3) is 0 Å². The molecule has 3 aromatic rings. The van der Waals surface area contributed by atoms with Crippen LogP contribution in [0.1, 0.15) is 48.1 Å². The summed E-state index contributed by atoms with van der Waals surface area (Å²) in [6.07, 6.45) is 2.07. The number of benzene rings is 3. The van der Waals surface area contributed by atoms with E-state index in [1.807, 2.05) is 23.1 Å². The van der Waals surface area contributed by atoms with E-state index in [4.69, 9.17) is 9.47 Å². The Labute approximate surface area is 212 Å². The van der Waals surface area contributed by atoms with Crippen LogP contribution in [0.4, 0.5) is 5.69 Å². The molecule has 1 fully saturated rings. The van der Waals surface area contributed by atoms with Crippen LogP contribution >= 0.6 is 0 Å². The Morgan fingerprint density at radius 2 is 1.75 bits per heavy atom. The van der Waals surface area contributed by atoms with Gasteiger partial charge in [0.15, 0.2) is 6.10 Å². The van der Waals surface area contributed by atoms with Gasteiger partial charge in [-0.1, -0.05) is 35.9 Å². The van der Waals surface area contributed by atoms with Gasteiger partial charge < -0.3 is 19.7 Å². The maximum absolute atomic E-state index is 13.2. The Kier molecular flexibility index (Phi) is 6.68. The van der Waals surface area contributed by atoms with Gasteiger partial charge in [0.2, 0.25) is 5.91 Å². The van der Waals surface area contributed by atoms with Gasteiger partial charge in [0.05, 0.1) is 13.2 Å². The molecule has 0 aromatic heterocycles. The number of fused-ring (bicyclic) bond motifs is 1. The number of methoxy groups -OCH3 is 1. The second-order valence-corrected chi connectivity index (χ2v) is 9.71. The van der Waals surface area contributed by atoms with Crippen LogP contribution < -0.4 is 14.8 Å². The van der Waals surface area contributed by atoms with Crippen molar-refractivity contribution in [3.05, 3.63) is 89.0 Å². The van der Waals surface area contributed by atoms with Crippen molar-refractivity contribution in [1.82, 2.24) is 4.90 Å². The van der Waals surface area contributed by atoms with E-state index in [0.29, 0.717) is 18.0 Å². The third-order valence-electron chi connectivity index (χ3n) is 6.95. The van der Waals surface area contributed by atoms with Crippen molar-refractivity contribution < 1.29 is 19.1 Å². The second kappa shape index (κ2) is 10.1. The van der Waals surface area contributed by atoms with E-state index in [0.717, 1.165) is 41.7 Å². The normalized spacial score (nSPS) is 17.6. The number of carbonyl (C=O) groups excluding carboxylic acids is 2. The predicted octanol–water partition coefficient (Wildman–Crippen LogP) is 5.29. The van der Waals surface area contributed by atoms with Gasteiger partial charge in [-0.25, -0.2) is 0 Å². The average Bonchev–Trinajstić information content (AvgIpc) is 3.73. The number of hydrogen-bond acceptors (Lipinski definition) is 4. The minimum atomic E-state index is -0.699. The van der Waals surface area contributed by atoms with Crippen LogP contribution in [0.3, 0.4) is 0 Å². The first-order valence-corrected chi connectivity index (χ1v) is 12.5. The maximum Gasteiger partial charge on any atom is 0.265 e. The molecule has 36 heavy (non-hydrogen) atoms. The molecule has 2 atom stereocenters. The number of hydrogen-bond donors (Lipinski definition) is 1. The zero-order valence-electron chi connectivity index (χ0n) is 21.0. The summed E-state index contributed by atoms with van der Waals surface area (Å²) >= 11 is 0. The Hall–Kier alpha value is -3.80. The number of carbonyl (C=O) groups is 2. The van der Waals surface area contributed by atoms with Crippen LogP contribution in [0.15, 0.2) is 66.7 Å². The molecular weight excluding hydrogens is 452 g/mol. The van der Waals surface area contributed by atoms with Crippen LogP contribution in [0.5, 0.6) is 11.5 Å². The molecule has 0 radical (unpaired) electrons. The fraction of sp³-hybridized carbons (Fsp3) is 0.333. The molecule has 0 unspecified atom stereocenters. The van der Waals surface area contributed by atoms with Crippen LogP contribution in [-0.2, 0) is 16.0 Å². The smallest absolute Gasteiger partial charge is 0.265 e. The fourth-order valence-corrected chi connectivity index (χ4v) is 4.84. The van der Waals surface area contributed by atoms with E-state index in [2.05, 4.69) is 36.5 Å². The quantitative estimate of drug-likeness (QED) is 0.495. The van der Waals surface area contributed by atoms with Crippen molar-refractivity contribution in [3.8, 4) is 11.5 Å². The van der Waals surface area contributed by atoms with E-state index >= 15 is 0 Å². The largest absolute Gasteiger partial charge is 0.497 e. The lowest BCUT2D eigenvalue weighted by molar-refractivity contribution is -0.134. The van der Waals surface area contributed by atoms with Gasteiger partial charge in [-0.3, -0.25) is 9.59 Å². The van der Waals surface area contributed by atoms with Gasteiger partial charge in [-0.2, -0.15) is 0 Å². The molecule has 1 aliphatic carbocycles. The SMILES string of the molecule is COc1ccc(NC(=O)[C@H](C)Oc2ccc3c(c2)[C@@H](c2cccc(C)c2)N(C(=O)C2CC2)CC3)cc1. The summed E-state index contributed by atoms with van der Waals surface area (Å²) in [6.45, 7) is 4.52. The lowest BCUT2D eigenvalue weighted by atomic mass is 9.87. The molecule has 0 saturated heterocycles. The number of nitrogens with one attached hydrogen (secondary N) is 1. The topological polar surface area (TPSA) is 67.9 Å². The van der Waals surface area contributed by atoms with Crippen LogP contribution in [0, 0.1) is 12.8 Å². The Morgan fingerprint density at radius 3 is 2.44 bits per heavy atom. The zero-order chi connectivity index (χ0) is 25.2. The molecular formula is C30H32N2O4. The molecule has 0 bridgehead atoms. The highest BCUT2D eigenvalue weighted by atomic mass is 16.5. The molecule has 3 aromatic carbocycles. The summed E-state index contributed by atoms with van der Waals surface area (Å²) in [7, 11) is 1.60. The molecule has 1 heterocycles. The van der Waals surface area contributed by atoms with Crippen molar-refractivity contribution in [2.24, 2.45) is 5.92 Å². The highest BCUT2D eigenvalue weighted by molar-refractivity contribution is 5.94. The number of aryl methyl sites for hydroxylation is 1. The van der Waals surface area contributed by atoms with Gasteiger partial charge in [0.25, 0.3) is 5.91 Å². The number of ether oxygens (including phenoxy) is 2.